The molecule has 0 aliphatic heterocycles. The second kappa shape index (κ2) is 10.7. The number of aromatic nitrogens is 2. The van der Waals surface area contributed by atoms with Gasteiger partial charge >= 0.3 is 6.18 Å². The molecule has 8 nitrogen and oxygen atoms in total. The molecule has 2 N–H and O–H groups in total. The summed E-state index contributed by atoms with van der Waals surface area (Å²) in [6, 6.07) is 9.40. The Kier molecular flexibility index (Phi) is 8.10. The van der Waals surface area contributed by atoms with E-state index >= 15 is 0 Å². The fourth-order valence-electron chi connectivity index (χ4n) is 3.48. The Morgan fingerprint density at radius 3 is 2.30 bits per heavy atom. The number of amides is 1. The van der Waals surface area contributed by atoms with E-state index in [0.717, 1.165) is 35.3 Å². The van der Waals surface area contributed by atoms with Crippen molar-refractivity contribution in [1.82, 2.24) is 15.2 Å². The summed E-state index contributed by atoms with van der Waals surface area (Å²) in [7, 11) is -3.71. The first-order valence-corrected chi connectivity index (χ1v) is 12.8. The monoisotopic (exact) mass is 545 g/mol. The quantitative estimate of drug-likeness (QED) is 0.392. The summed E-state index contributed by atoms with van der Waals surface area (Å²) >= 11 is 0. The van der Waals surface area contributed by atoms with Gasteiger partial charge in [0.25, 0.3) is 0 Å². The number of anilines is 2. The van der Waals surface area contributed by atoms with Crippen LogP contribution in [0.15, 0.2) is 48.5 Å². The zero-order valence-electron chi connectivity index (χ0n) is 20.0. The smallest absolute Gasteiger partial charge is 0.350 e. The van der Waals surface area contributed by atoms with E-state index in [1.807, 2.05) is 4.72 Å². The minimum atomic E-state index is -4.75. The van der Waals surface area contributed by atoms with Gasteiger partial charge in [-0.25, -0.2) is 17.2 Å². The van der Waals surface area contributed by atoms with Crippen LogP contribution in [0.2, 0.25) is 0 Å². The Bertz CT molecular complexity index is 1370. The van der Waals surface area contributed by atoms with Gasteiger partial charge < -0.3 is 5.32 Å². The lowest BCUT2D eigenvalue weighted by Gasteiger charge is -2.25. The predicted molar refractivity (Wildman–Crippen MR) is 127 cm³/mol. The molecule has 14 heteroatoms. The molecule has 200 valence electrons. The van der Waals surface area contributed by atoms with E-state index in [1.165, 1.54) is 36.2 Å². The second-order valence-electron chi connectivity index (χ2n) is 8.15. The number of benzene rings is 2. The summed E-state index contributed by atoms with van der Waals surface area (Å²) < 4.78 is 92.6. The Hall–Kier alpha value is -3.68. The van der Waals surface area contributed by atoms with Gasteiger partial charge in [0.15, 0.2) is 5.69 Å². The van der Waals surface area contributed by atoms with Crippen LogP contribution >= 0.6 is 0 Å². The molecular formula is C23H24F5N5O3S. The third-order valence-electron chi connectivity index (χ3n) is 5.33. The maximum absolute atomic E-state index is 14.3. The number of halogens is 5. The van der Waals surface area contributed by atoms with Gasteiger partial charge in [-0.15, -0.1) is 5.10 Å². The highest BCUT2D eigenvalue weighted by Crippen LogP contribution is 2.30. The van der Waals surface area contributed by atoms with Crippen LogP contribution in [-0.4, -0.2) is 37.0 Å². The van der Waals surface area contributed by atoms with E-state index in [-0.39, 0.29) is 30.0 Å². The highest BCUT2D eigenvalue weighted by Gasteiger charge is 2.36. The van der Waals surface area contributed by atoms with Gasteiger partial charge in [0.2, 0.25) is 15.9 Å². The fourth-order valence-corrected chi connectivity index (χ4v) is 4.05. The third-order valence-corrected chi connectivity index (χ3v) is 5.92. The molecule has 1 unspecified atom stereocenters. The molecule has 0 radical (unpaired) electrons. The van der Waals surface area contributed by atoms with Crippen LogP contribution in [0.25, 0.3) is 0 Å². The van der Waals surface area contributed by atoms with E-state index < -0.39 is 45.4 Å². The Balaban J connectivity index is 1.83. The molecule has 0 saturated carbocycles. The lowest BCUT2D eigenvalue weighted by Crippen LogP contribution is -2.35. The number of rotatable bonds is 9. The molecule has 0 aliphatic carbocycles. The normalized spacial score (nSPS) is 12.8. The van der Waals surface area contributed by atoms with Gasteiger partial charge in [0.05, 0.1) is 35.8 Å². The van der Waals surface area contributed by atoms with Crippen molar-refractivity contribution in [2.45, 2.75) is 32.5 Å². The van der Waals surface area contributed by atoms with Crippen LogP contribution in [0.4, 0.5) is 33.3 Å². The van der Waals surface area contributed by atoms with Crippen molar-refractivity contribution >= 4 is 27.3 Å². The van der Waals surface area contributed by atoms with Crippen molar-refractivity contribution in [3.8, 4) is 0 Å². The number of hydrogen-bond donors (Lipinski definition) is 2. The molecule has 3 rings (SSSR count). The van der Waals surface area contributed by atoms with Gasteiger partial charge in [0.1, 0.15) is 11.6 Å². The number of carbonyl (C=O) groups excluding carboxylic acids is 1. The molecule has 1 heterocycles. The number of nitrogens with zero attached hydrogens (tertiary/aromatic N) is 3. The Morgan fingerprint density at radius 2 is 1.76 bits per heavy atom. The lowest BCUT2D eigenvalue weighted by atomic mass is 10.00. The third kappa shape index (κ3) is 6.96. The van der Waals surface area contributed by atoms with Crippen LogP contribution in [0.5, 0.6) is 0 Å². The van der Waals surface area contributed by atoms with Crippen LogP contribution in [0.3, 0.4) is 0 Å². The van der Waals surface area contributed by atoms with Gasteiger partial charge in [-0.3, -0.25) is 14.5 Å². The minimum absolute atomic E-state index is 0.00192. The predicted octanol–water partition coefficient (Wildman–Crippen LogP) is 4.26. The van der Waals surface area contributed by atoms with E-state index in [4.69, 9.17) is 0 Å². The highest BCUT2D eigenvalue weighted by molar-refractivity contribution is 7.92. The molecule has 0 saturated heterocycles. The Labute approximate surface area is 210 Å². The number of nitrogens with one attached hydrogen (secondary N) is 2. The number of sulfonamides is 1. The van der Waals surface area contributed by atoms with E-state index in [0.29, 0.717) is 5.69 Å². The summed E-state index contributed by atoms with van der Waals surface area (Å²) in [6.07, 6.45) is -3.89. The van der Waals surface area contributed by atoms with Crippen molar-refractivity contribution in [3.63, 3.8) is 0 Å². The van der Waals surface area contributed by atoms with Crippen molar-refractivity contribution in [2.75, 3.05) is 22.5 Å². The number of alkyl halides is 3. The van der Waals surface area contributed by atoms with Crippen LogP contribution in [0, 0.1) is 11.6 Å². The maximum Gasteiger partial charge on any atom is 0.435 e. The molecule has 0 fully saturated rings. The van der Waals surface area contributed by atoms with Gasteiger partial charge in [0, 0.05) is 6.54 Å². The molecule has 3 aromatic rings. The Morgan fingerprint density at radius 1 is 1.11 bits per heavy atom. The van der Waals surface area contributed by atoms with Gasteiger partial charge in [-0.1, -0.05) is 6.07 Å². The van der Waals surface area contributed by atoms with Crippen LogP contribution in [-0.2, 0) is 27.5 Å². The first kappa shape index (κ1) is 27.9. The summed E-state index contributed by atoms with van der Waals surface area (Å²) in [5.74, 6) is -2.95. The fraction of sp³-hybridized carbons (Fsp3) is 0.304. The lowest BCUT2D eigenvalue weighted by molar-refractivity contribution is -0.141. The number of carbonyl (C=O) groups is 1. The molecule has 0 bridgehead atoms. The van der Waals surface area contributed by atoms with Crippen molar-refractivity contribution < 1.29 is 35.2 Å². The van der Waals surface area contributed by atoms with E-state index in [2.05, 4.69) is 10.4 Å². The molecule has 2 aromatic carbocycles. The van der Waals surface area contributed by atoms with Crippen molar-refractivity contribution in [2.24, 2.45) is 0 Å². The molecule has 0 spiro atoms. The molecule has 1 atom stereocenters. The van der Waals surface area contributed by atoms with Crippen LogP contribution < -0.4 is 15.0 Å². The van der Waals surface area contributed by atoms with E-state index in [9.17, 15) is 35.2 Å². The molecule has 1 aromatic heterocycles. The first-order valence-electron chi connectivity index (χ1n) is 10.9. The maximum atomic E-state index is 14.3. The zero-order chi connectivity index (χ0) is 27.5. The van der Waals surface area contributed by atoms with Crippen LogP contribution in [0.1, 0.15) is 36.7 Å². The second-order valence-corrected chi connectivity index (χ2v) is 9.90. The van der Waals surface area contributed by atoms with Gasteiger partial charge in [-0.2, -0.15) is 18.0 Å². The summed E-state index contributed by atoms with van der Waals surface area (Å²) in [4.78, 5) is 13.7. The van der Waals surface area contributed by atoms with Crippen molar-refractivity contribution in [3.05, 3.63) is 77.1 Å². The average molecular weight is 546 g/mol. The van der Waals surface area contributed by atoms with Crippen molar-refractivity contribution in [1.29, 1.82) is 0 Å². The summed E-state index contributed by atoms with van der Waals surface area (Å²) in [5.41, 5.74) is -0.873. The topological polar surface area (TPSA) is 96.3 Å². The first-order chi connectivity index (χ1) is 17.2. The van der Waals surface area contributed by atoms with E-state index in [1.54, 1.807) is 6.92 Å². The molecule has 37 heavy (non-hydrogen) atoms. The average Bonchev–Trinajstić information content (AvgIpc) is 3.24. The largest absolute Gasteiger partial charge is 0.435 e. The molecule has 0 aliphatic rings. The summed E-state index contributed by atoms with van der Waals surface area (Å²) in [6.45, 7) is 2.96. The minimum Gasteiger partial charge on any atom is -0.350 e. The number of hydrogen-bond acceptors (Lipinski definition) is 5. The zero-order valence-corrected chi connectivity index (χ0v) is 20.8. The standard InChI is InChI=1S/C23H24F5N5O3S/c1-4-32(17-8-6-16(24)7-9-17)33-18(12-21(30-33)23(26,27)28)13-29-22(34)14(2)15-5-10-20(19(25)11-15)31-37(3,35)36/h5-12,14,31H,4,13H2,1-3H3,(H,29,34). The summed E-state index contributed by atoms with van der Waals surface area (Å²) in [5, 5.41) is 7.55. The SMILES string of the molecule is CCN(c1ccc(F)cc1)n1nc(C(F)(F)F)cc1CNC(=O)C(C)c1ccc(NS(C)(=O)=O)c(F)c1. The molecule has 1 amide bonds. The molecular weight excluding hydrogens is 521 g/mol. The highest BCUT2D eigenvalue weighted by atomic mass is 32.2. The van der Waals surface area contributed by atoms with Gasteiger partial charge in [-0.05, 0) is 61.9 Å².